The Hall–Kier alpha value is -1.01. The van der Waals surface area contributed by atoms with Gasteiger partial charge in [0.25, 0.3) is 10.0 Å². The Morgan fingerprint density at radius 2 is 1.91 bits per heavy atom. The van der Waals surface area contributed by atoms with Gasteiger partial charge in [-0.2, -0.15) is 0 Å². The van der Waals surface area contributed by atoms with E-state index in [1.54, 1.807) is 24.3 Å². The lowest BCUT2D eigenvalue weighted by atomic mass is 10.3. The molecule has 0 atom stereocenters. The number of benzene rings is 2. The fourth-order valence-corrected chi connectivity index (χ4v) is 4.44. The molecule has 0 saturated heterocycles. The molecule has 0 aliphatic carbocycles. The highest BCUT2D eigenvalue weighted by molar-refractivity contribution is 9.10. The third-order valence-corrected chi connectivity index (χ3v) is 5.86. The summed E-state index contributed by atoms with van der Waals surface area (Å²) in [4.78, 5) is -0.0384. The molecular weight excluding hydrogens is 409 g/mol. The van der Waals surface area contributed by atoms with Crippen molar-refractivity contribution in [2.24, 2.45) is 0 Å². The van der Waals surface area contributed by atoms with Crippen LogP contribution in [0.25, 0.3) is 0 Å². The van der Waals surface area contributed by atoms with Crippen LogP contribution in [0.3, 0.4) is 0 Å². The van der Waals surface area contributed by atoms with Gasteiger partial charge in [0.05, 0.1) is 17.3 Å². The van der Waals surface area contributed by atoms with E-state index in [4.69, 9.17) is 23.2 Å². The minimum Gasteiger partial charge on any atom is -0.262 e. The van der Waals surface area contributed by atoms with E-state index in [9.17, 15) is 8.42 Å². The van der Waals surface area contributed by atoms with Gasteiger partial charge in [0.1, 0.15) is 4.90 Å². The molecule has 0 aromatic heterocycles. The van der Waals surface area contributed by atoms with Crippen LogP contribution in [0.4, 0.5) is 5.69 Å². The van der Waals surface area contributed by atoms with Gasteiger partial charge in [-0.25, -0.2) is 8.42 Å². The van der Waals surface area contributed by atoms with Crippen molar-refractivity contribution in [2.75, 3.05) is 10.8 Å². The maximum absolute atomic E-state index is 12.9. The molecule has 116 valence electrons. The Morgan fingerprint density at radius 3 is 2.55 bits per heavy atom. The van der Waals surface area contributed by atoms with Crippen molar-refractivity contribution in [3.63, 3.8) is 0 Å². The Morgan fingerprint density at radius 1 is 1.18 bits per heavy atom. The van der Waals surface area contributed by atoms with Crippen LogP contribution in [0.2, 0.25) is 10.0 Å². The van der Waals surface area contributed by atoms with Gasteiger partial charge in [-0.3, -0.25) is 4.31 Å². The van der Waals surface area contributed by atoms with E-state index in [1.165, 1.54) is 22.5 Å². The molecule has 0 radical (unpaired) electrons. The van der Waals surface area contributed by atoms with Gasteiger partial charge in [0, 0.05) is 9.50 Å². The van der Waals surface area contributed by atoms with Crippen molar-refractivity contribution in [2.45, 2.75) is 4.90 Å². The van der Waals surface area contributed by atoms with Crippen LogP contribution in [0, 0.1) is 0 Å². The molecule has 0 spiro atoms. The van der Waals surface area contributed by atoms with E-state index >= 15 is 0 Å². The van der Waals surface area contributed by atoms with E-state index in [0.717, 1.165) is 4.47 Å². The summed E-state index contributed by atoms with van der Waals surface area (Å²) in [5, 5.41) is 0.421. The molecular formula is C15H12BrCl2NO2S. The van der Waals surface area contributed by atoms with E-state index < -0.39 is 10.0 Å². The topological polar surface area (TPSA) is 37.4 Å². The highest BCUT2D eigenvalue weighted by atomic mass is 79.9. The summed E-state index contributed by atoms with van der Waals surface area (Å²) in [7, 11) is -3.86. The second-order valence-corrected chi connectivity index (χ2v) is 7.97. The zero-order valence-electron chi connectivity index (χ0n) is 11.3. The molecule has 0 unspecified atom stereocenters. The number of halogens is 3. The normalized spacial score (nSPS) is 11.2. The van der Waals surface area contributed by atoms with Crippen LogP contribution < -0.4 is 4.31 Å². The summed E-state index contributed by atoms with van der Waals surface area (Å²) < 4.78 is 27.8. The Balaban J connectivity index is 2.60. The fraction of sp³-hybridized carbons (Fsp3) is 0.0667. The zero-order valence-corrected chi connectivity index (χ0v) is 15.3. The molecule has 0 amide bonds. The average molecular weight is 421 g/mol. The molecule has 0 aliphatic rings. The monoisotopic (exact) mass is 419 g/mol. The second-order valence-electron chi connectivity index (χ2n) is 4.38. The van der Waals surface area contributed by atoms with E-state index in [-0.39, 0.29) is 16.5 Å². The standard InChI is InChI=1S/C15H12BrCl2NO2S/c1-2-8-19(13-5-3-4-11(16)9-13)22(20,21)15-10-12(17)6-7-14(15)18/h2-7,9-10H,1,8H2. The van der Waals surface area contributed by atoms with Crippen molar-refractivity contribution < 1.29 is 8.42 Å². The Labute approximate surface area is 148 Å². The van der Waals surface area contributed by atoms with Crippen LogP contribution in [-0.2, 0) is 10.0 Å². The Bertz CT molecular complexity index is 809. The predicted octanol–water partition coefficient (Wildman–Crippen LogP) is 5.14. The summed E-state index contributed by atoms with van der Waals surface area (Å²) in [6.07, 6.45) is 1.51. The molecule has 3 nitrogen and oxygen atoms in total. The molecule has 0 heterocycles. The highest BCUT2D eigenvalue weighted by Gasteiger charge is 2.26. The third kappa shape index (κ3) is 3.66. The summed E-state index contributed by atoms with van der Waals surface area (Å²) >= 11 is 15.3. The lowest BCUT2D eigenvalue weighted by Crippen LogP contribution is -2.31. The number of sulfonamides is 1. The summed E-state index contributed by atoms with van der Waals surface area (Å²) in [5.74, 6) is 0. The quantitative estimate of drug-likeness (QED) is 0.628. The minimum atomic E-state index is -3.86. The Kier molecular flexibility index (Phi) is 5.55. The lowest BCUT2D eigenvalue weighted by molar-refractivity contribution is 0.593. The van der Waals surface area contributed by atoms with Gasteiger partial charge < -0.3 is 0 Å². The van der Waals surface area contributed by atoms with E-state index in [1.807, 2.05) is 6.07 Å². The summed E-state index contributed by atoms with van der Waals surface area (Å²) in [6, 6.07) is 11.3. The van der Waals surface area contributed by atoms with Gasteiger partial charge in [-0.1, -0.05) is 51.3 Å². The SMILES string of the molecule is C=CCN(c1cccc(Br)c1)S(=O)(=O)c1cc(Cl)ccc1Cl. The van der Waals surface area contributed by atoms with Crippen molar-refractivity contribution in [3.8, 4) is 0 Å². The first-order valence-corrected chi connectivity index (χ1v) is 9.19. The van der Waals surface area contributed by atoms with E-state index in [0.29, 0.717) is 10.7 Å². The molecule has 2 aromatic rings. The predicted molar refractivity (Wildman–Crippen MR) is 95.3 cm³/mol. The van der Waals surface area contributed by atoms with Crippen molar-refractivity contribution in [1.29, 1.82) is 0 Å². The number of nitrogens with zero attached hydrogens (tertiary/aromatic N) is 1. The molecule has 0 aliphatic heterocycles. The van der Waals surface area contributed by atoms with Gasteiger partial charge >= 0.3 is 0 Å². The fourth-order valence-electron chi connectivity index (χ4n) is 1.88. The number of rotatable bonds is 5. The lowest BCUT2D eigenvalue weighted by Gasteiger charge is -2.24. The maximum atomic E-state index is 12.9. The third-order valence-electron chi connectivity index (χ3n) is 2.85. The number of hydrogen-bond acceptors (Lipinski definition) is 2. The van der Waals surface area contributed by atoms with Gasteiger partial charge in [0.15, 0.2) is 0 Å². The smallest absolute Gasteiger partial charge is 0.262 e. The average Bonchev–Trinajstić information content (AvgIpc) is 2.47. The van der Waals surface area contributed by atoms with Crippen LogP contribution in [0.15, 0.2) is 64.5 Å². The maximum Gasteiger partial charge on any atom is 0.266 e. The first-order valence-electron chi connectivity index (χ1n) is 6.20. The van der Waals surface area contributed by atoms with E-state index in [2.05, 4.69) is 22.5 Å². The highest BCUT2D eigenvalue weighted by Crippen LogP contribution is 2.31. The summed E-state index contributed by atoms with van der Waals surface area (Å²) in [6.45, 7) is 3.73. The second kappa shape index (κ2) is 7.04. The number of anilines is 1. The molecule has 2 aromatic carbocycles. The van der Waals surface area contributed by atoms with Crippen molar-refractivity contribution in [1.82, 2.24) is 0 Å². The van der Waals surface area contributed by atoms with Crippen molar-refractivity contribution >= 4 is 54.8 Å². The molecule has 0 fully saturated rings. The van der Waals surface area contributed by atoms with Crippen molar-refractivity contribution in [3.05, 3.63) is 69.6 Å². The first kappa shape index (κ1) is 17.3. The van der Waals surface area contributed by atoms with Crippen LogP contribution in [-0.4, -0.2) is 15.0 Å². The van der Waals surface area contributed by atoms with Gasteiger partial charge in [-0.15, -0.1) is 6.58 Å². The van der Waals surface area contributed by atoms with Gasteiger partial charge in [0.2, 0.25) is 0 Å². The number of hydrogen-bond donors (Lipinski definition) is 0. The molecule has 7 heteroatoms. The van der Waals surface area contributed by atoms with Gasteiger partial charge in [-0.05, 0) is 36.4 Å². The zero-order chi connectivity index (χ0) is 16.3. The molecule has 0 N–H and O–H groups in total. The van der Waals surface area contributed by atoms with Crippen LogP contribution in [0.5, 0.6) is 0 Å². The molecule has 22 heavy (non-hydrogen) atoms. The molecule has 2 rings (SSSR count). The van der Waals surface area contributed by atoms with Crippen LogP contribution >= 0.6 is 39.1 Å². The molecule has 0 saturated carbocycles. The first-order chi connectivity index (χ1) is 10.4. The van der Waals surface area contributed by atoms with Crippen LogP contribution in [0.1, 0.15) is 0 Å². The summed E-state index contributed by atoms with van der Waals surface area (Å²) in [5.41, 5.74) is 0.505. The molecule has 0 bridgehead atoms. The largest absolute Gasteiger partial charge is 0.266 e. The minimum absolute atomic E-state index is 0.0384.